The van der Waals surface area contributed by atoms with Crippen molar-refractivity contribution in [3.05, 3.63) is 12.2 Å². The van der Waals surface area contributed by atoms with E-state index in [9.17, 15) is 9.59 Å². The summed E-state index contributed by atoms with van der Waals surface area (Å²) in [6, 6.07) is 0.270. The Balaban J connectivity index is 2.54. The lowest BCUT2D eigenvalue weighted by Gasteiger charge is -2.32. The average Bonchev–Trinajstić information content (AvgIpc) is 2.58. The third kappa shape index (κ3) is 8.53. The fourth-order valence-corrected chi connectivity index (χ4v) is 2.39. The average molecular weight is 352 g/mol. The van der Waals surface area contributed by atoms with E-state index in [0.29, 0.717) is 19.0 Å². The molecule has 1 fully saturated rings. The lowest BCUT2D eigenvalue weighted by molar-refractivity contribution is -0.127. The molecule has 0 aromatic carbocycles. The first-order valence-corrected chi connectivity index (χ1v) is 8.64. The van der Waals surface area contributed by atoms with Crippen LogP contribution in [0.5, 0.6) is 0 Å². The van der Waals surface area contributed by atoms with Gasteiger partial charge in [0.2, 0.25) is 11.8 Å². The Morgan fingerprint density at radius 3 is 2.44 bits per heavy atom. The summed E-state index contributed by atoms with van der Waals surface area (Å²) in [5, 5.41) is 9.25. The van der Waals surface area contributed by atoms with Crippen LogP contribution in [0.1, 0.15) is 19.8 Å². The number of piperidine rings is 1. The molecule has 2 amide bonds. The van der Waals surface area contributed by atoms with Gasteiger partial charge in [0, 0.05) is 46.8 Å². The van der Waals surface area contributed by atoms with Crippen LogP contribution in [0.2, 0.25) is 0 Å². The summed E-state index contributed by atoms with van der Waals surface area (Å²) in [6.07, 6.45) is 1.85. The van der Waals surface area contributed by atoms with E-state index in [-0.39, 0.29) is 24.4 Å². The van der Waals surface area contributed by atoms with Crippen molar-refractivity contribution in [1.29, 1.82) is 0 Å². The van der Waals surface area contributed by atoms with Crippen molar-refractivity contribution in [1.82, 2.24) is 25.8 Å². The van der Waals surface area contributed by atoms with Crippen molar-refractivity contribution < 1.29 is 9.59 Å². The number of hydrogen-bond donors (Lipinski definition) is 3. The Morgan fingerprint density at radius 1 is 1.28 bits per heavy atom. The number of hydrogen-bond acceptors (Lipinski definition) is 4. The second-order valence-electron chi connectivity index (χ2n) is 6.63. The Kier molecular flexibility index (Phi) is 8.98. The number of carbonyl (C=O) groups is 2. The first-order valence-electron chi connectivity index (χ1n) is 8.64. The number of guanidine groups is 1. The molecule has 0 saturated carbocycles. The van der Waals surface area contributed by atoms with E-state index in [1.54, 1.807) is 21.1 Å². The van der Waals surface area contributed by atoms with Crippen LogP contribution in [-0.2, 0) is 9.59 Å². The third-order valence-electron chi connectivity index (χ3n) is 4.00. The van der Waals surface area contributed by atoms with Crippen molar-refractivity contribution in [3.8, 4) is 0 Å². The zero-order valence-corrected chi connectivity index (χ0v) is 15.9. The van der Waals surface area contributed by atoms with Crippen LogP contribution in [0, 0.1) is 0 Å². The van der Waals surface area contributed by atoms with Crippen LogP contribution in [0.15, 0.2) is 17.1 Å². The smallest absolute Gasteiger partial charge is 0.243 e. The monoisotopic (exact) mass is 352 g/mol. The number of amides is 2. The molecule has 1 saturated heterocycles. The molecule has 0 aliphatic carbocycles. The molecule has 0 atom stereocenters. The lowest BCUT2D eigenvalue weighted by Crippen LogP contribution is -2.50. The zero-order valence-electron chi connectivity index (χ0n) is 15.9. The van der Waals surface area contributed by atoms with Crippen LogP contribution in [0.25, 0.3) is 0 Å². The minimum atomic E-state index is -0.0446. The number of likely N-dealkylation sites (N-methyl/N-ethyl adjacent to an activating group) is 2. The van der Waals surface area contributed by atoms with Crippen molar-refractivity contribution in [2.24, 2.45) is 4.99 Å². The maximum atomic E-state index is 11.8. The highest BCUT2D eigenvalue weighted by molar-refractivity contribution is 5.85. The molecule has 0 aromatic rings. The summed E-state index contributed by atoms with van der Waals surface area (Å²) in [7, 11) is 5.09. The summed E-state index contributed by atoms with van der Waals surface area (Å²) >= 11 is 0. The van der Waals surface area contributed by atoms with Gasteiger partial charge in [-0.3, -0.25) is 14.5 Å². The molecule has 25 heavy (non-hydrogen) atoms. The van der Waals surface area contributed by atoms with Gasteiger partial charge in [-0.1, -0.05) is 12.2 Å². The molecule has 142 valence electrons. The topological polar surface area (TPSA) is 89.1 Å². The quantitative estimate of drug-likeness (QED) is 0.323. The molecular formula is C17H32N6O2. The first-order chi connectivity index (χ1) is 11.8. The molecule has 0 bridgehead atoms. The van der Waals surface area contributed by atoms with Gasteiger partial charge >= 0.3 is 0 Å². The van der Waals surface area contributed by atoms with Gasteiger partial charge in [0.15, 0.2) is 5.96 Å². The van der Waals surface area contributed by atoms with Crippen LogP contribution < -0.4 is 16.0 Å². The largest absolute Gasteiger partial charge is 0.358 e. The highest BCUT2D eigenvalue weighted by atomic mass is 16.2. The fourth-order valence-electron chi connectivity index (χ4n) is 2.39. The highest BCUT2D eigenvalue weighted by Gasteiger charge is 2.21. The molecule has 0 unspecified atom stereocenters. The summed E-state index contributed by atoms with van der Waals surface area (Å²) in [5.74, 6) is 0.624. The van der Waals surface area contributed by atoms with Gasteiger partial charge in [-0.2, -0.15) is 0 Å². The van der Waals surface area contributed by atoms with E-state index in [2.05, 4.69) is 32.4 Å². The summed E-state index contributed by atoms with van der Waals surface area (Å²) in [5.41, 5.74) is 0.994. The number of nitrogens with one attached hydrogen (secondary N) is 3. The molecule has 0 radical (unpaired) electrons. The molecular weight excluding hydrogens is 320 g/mol. The van der Waals surface area contributed by atoms with Gasteiger partial charge in [-0.05, 0) is 19.8 Å². The molecule has 8 nitrogen and oxygen atoms in total. The highest BCUT2D eigenvalue weighted by Crippen LogP contribution is 2.09. The molecule has 8 heteroatoms. The van der Waals surface area contributed by atoms with Crippen molar-refractivity contribution >= 4 is 17.8 Å². The molecule has 1 rings (SSSR count). The van der Waals surface area contributed by atoms with Crippen LogP contribution >= 0.6 is 0 Å². The Morgan fingerprint density at radius 2 is 1.92 bits per heavy atom. The van der Waals surface area contributed by atoms with Gasteiger partial charge in [0.05, 0.1) is 6.54 Å². The fraction of sp³-hybridized carbons (Fsp3) is 0.706. The van der Waals surface area contributed by atoms with Crippen molar-refractivity contribution in [2.75, 3.05) is 53.9 Å². The number of rotatable bonds is 7. The maximum Gasteiger partial charge on any atom is 0.243 e. The standard InChI is InChI=1S/C17H32N6O2/c1-13(2)10-19-17(20-11-16(25)22(4)5)21-14-6-8-23(9-7-14)12-15(24)18-3/h14H,1,6-12H2,2-5H3,(H,18,24)(H2,19,20,21). The van der Waals surface area contributed by atoms with Crippen LogP contribution in [0.4, 0.5) is 0 Å². The maximum absolute atomic E-state index is 11.8. The van der Waals surface area contributed by atoms with E-state index >= 15 is 0 Å². The molecule has 0 spiro atoms. The number of likely N-dealkylation sites (tertiary alicyclic amines) is 1. The van der Waals surface area contributed by atoms with Gasteiger partial charge in [0.25, 0.3) is 0 Å². The van der Waals surface area contributed by atoms with E-state index in [1.807, 2.05) is 6.92 Å². The van der Waals surface area contributed by atoms with Crippen molar-refractivity contribution in [3.63, 3.8) is 0 Å². The van der Waals surface area contributed by atoms with Gasteiger partial charge in [-0.25, -0.2) is 4.99 Å². The summed E-state index contributed by atoms with van der Waals surface area (Å²) in [4.78, 5) is 31.2. The van der Waals surface area contributed by atoms with Gasteiger partial charge in [-0.15, -0.1) is 0 Å². The minimum Gasteiger partial charge on any atom is -0.358 e. The molecule has 1 aliphatic rings. The Bertz CT molecular complexity index is 495. The molecule has 1 aliphatic heterocycles. The zero-order chi connectivity index (χ0) is 18.8. The predicted molar refractivity (Wildman–Crippen MR) is 100 cm³/mol. The second kappa shape index (κ2) is 10.7. The Hall–Kier alpha value is -2.09. The SMILES string of the molecule is C=C(C)CNC(=NCC(=O)N(C)C)NC1CCN(CC(=O)NC)CC1. The summed E-state index contributed by atoms with van der Waals surface area (Å²) < 4.78 is 0. The lowest BCUT2D eigenvalue weighted by atomic mass is 10.1. The molecule has 3 N–H and O–H groups in total. The van der Waals surface area contributed by atoms with Gasteiger partial charge in [0.1, 0.15) is 6.54 Å². The predicted octanol–water partition coefficient (Wildman–Crippen LogP) is -0.604. The first kappa shape index (κ1) is 21.0. The van der Waals surface area contributed by atoms with Crippen molar-refractivity contribution in [2.45, 2.75) is 25.8 Å². The normalized spacial score (nSPS) is 16.2. The van der Waals surface area contributed by atoms with E-state index in [1.165, 1.54) is 4.90 Å². The number of aliphatic imine (C=N–C) groups is 1. The van der Waals surface area contributed by atoms with Crippen LogP contribution in [0.3, 0.4) is 0 Å². The molecule has 0 aromatic heterocycles. The minimum absolute atomic E-state index is 0.0407. The van der Waals surface area contributed by atoms with Crippen LogP contribution in [-0.4, -0.2) is 87.5 Å². The second-order valence-corrected chi connectivity index (χ2v) is 6.63. The molecule has 1 heterocycles. The number of carbonyl (C=O) groups excluding carboxylic acids is 2. The van der Waals surface area contributed by atoms with E-state index in [4.69, 9.17) is 0 Å². The van der Waals surface area contributed by atoms with E-state index in [0.717, 1.165) is 31.5 Å². The van der Waals surface area contributed by atoms with E-state index < -0.39 is 0 Å². The Labute approximate surface area is 150 Å². The number of nitrogens with zero attached hydrogens (tertiary/aromatic N) is 3. The van der Waals surface area contributed by atoms with Gasteiger partial charge < -0.3 is 20.9 Å². The third-order valence-corrected chi connectivity index (χ3v) is 4.00. The summed E-state index contributed by atoms with van der Waals surface area (Å²) in [6.45, 7) is 8.68.